The number of hydrogen-bond donors (Lipinski definition) is 1. The maximum Gasteiger partial charge on any atom is 0.247 e. The third kappa shape index (κ3) is 1.99. The highest BCUT2D eigenvalue weighted by atomic mass is 32.1. The molecule has 1 aliphatic heterocycles. The van der Waals surface area contributed by atoms with Crippen LogP contribution in [0.1, 0.15) is 18.7 Å². The maximum absolute atomic E-state index is 6.27. The van der Waals surface area contributed by atoms with Crippen LogP contribution in [0.2, 0.25) is 0 Å². The molecule has 1 fully saturated rings. The van der Waals surface area contributed by atoms with Gasteiger partial charge in [-0.1, -0.05) is 5.16 Å². The van der Waals surface area contributed by atoms with Crippen molar-refractivity contribution in [1.29, 1.82) is 0 Å². The monoisotopic (exact) mass is 251 g/mol. The molecule has 90 valence electrons. The minimum Gasteiger partial charge on any atom is -0.381 e. The first-order valence-electron chi connectivity index (χ1n) is 5.51. The van der Waals surface area contributed by atoms with Gasteiger partial charge in [-0.3, -0.25) is 0 Å². The highest BCUT2D eigenvalue weighted by molar-refractivity contribution is 7.08. The number of thiophene rings is 1. The topological polar surface area (TPSA) is 74.2 Å². The summed E-state index contributed by atoms with van der Waals surface area (Å²) in [6.07, 6.45) is 1.44. The molecule has 2 aromatic heterocycles. The van der Waals surface area contributed by atoms with Gasteiger partial charge in [0.2, 0.25) is 11.7 Å². The SMILES string of the molecule is NC1(c2nc(-c3ccsc3)no2)CCOCC1. The first-order valence-corrected chi connectivity index (χ1v) is 6.46. The smallest absolute Gasteiger partial charge is 0.247 e. The lowest BCUT2D eigenvalue weighted by molar-refractivity contribution is 0.0400. The van der Waals surface area contributed by atoms with Gasteiger partial charge < -0.3 is 15.0 Å². The van der Waals surface area contributed by atoms with Crippen molar-refractivity contribution in [2.45, 2.75) is 18.4 Å². The lowest BCUT2D eigenvalue weighted by Gasteiger charge is -2.29. The minimum absolute atomic E-state index is 0.516. The number of rotatable bonds is 2. The predicted octanol–water partition coefficient (Wildman–Crippen LogP) is 1.76. The number of aromatic nitrogens is 2. The van der Waals surface area contributed by atoms with Crippen molar-refractivity contribution in [3.05, 3.63) is 22.7 Å². The Morgan fingerprint density at radius 2 is 2.18 bits per heavy atom. The van der Waals surface area contributed by atoms with E-state index >= 15 is 0 Å². The van der Waals surface area contributed by atoms with Crippen LogP contribution in [0.25, 0.3) is 11.4 Å². The molecule has 0 bridgehead atoms. The van der Waals surface area contributed by atoms with Crippen molar-refractivity contribution in [2.75, 3.05) is 13.2 Å². The Balaban J connectivity index is 1.89. The van der Waals surface area contributed by atoms with Crippen molar-refractivity contribution in [1.82, 2.24) is 10.1 Å². The van der Waals surface area contributed by atoms with Gasteiger partial charge in [0.1, 0.15) is 5.54 Å². The molecule has 2 N–H and O–H groups in total. The summed E-state index contributed by atoms with van der Waals surface area (Å²) in [4.78, 5) is 4.40. The lowest BCUT2D eigenvalue weighted by Crippen LogP contribution is -2.42. The first kappa shape index (κ1) is 10.9. The number of nitrogens with two attached hydrogens (primary N) is 1. The molecule has 0 atom stereocenters. The Hall–Kier alpha value is -1.24. The summed E-state index contributed by atoms with van der Waals surface area (Å²) in [5.41, 5.74) is 6.72. The highest BCUT2D eigenvalue weighted by Crippen LogP contribution is 2.29. The van der Waals surface area contributed by atoms with Crippen LogP contribution in [0.5, 0.6) is 0 Å². The molecular formula is C11H13N3O2S. The second-order valence-electron chi connectivity index (χ2n) is 4.20. The summed E-state index contributed by atoms with van der Waals surface area (Å²) in [6.45, 7) is 1.29. The minimum atomic E-state index is -0.528. The van der Waals surface area contributed by atoms with Crippen molar-refractivity contribution in [3.8, 4) is 11.4 Å². The van der Waals surface area contributed by atoms with Crippen LogP contribution in [0.15, 0.2) is 21.3 Å². The summed E-state index contributed by atoms with van der Waals surface area (Å²) in [5, 5.41) is 7.95. The molecule has 2 aromatic rings. The summed E-state index contributed by atoms with van der Waals surface area (Å²) >= 11 is 1.61. The van der Waals surface area contributed by atoms with Crippen LogP contribution in [-0.2, 0) is 10.3 Å². The van der Waals surface area contributed by atoms with Gasteiger partial charge in [0.05, 0.1) is 0 Å². The fourth-order valence-corrected chi connectivity index (χ4v) is 2.52. The van der Waals surface area contributed by atoms with E-state index in [1.54, 1.807) is 11.3 Å². The van der Waals surface area contributed by atoms with E-state index < -0.39 is 5.54 Å². The number of nitrogens with zero attached hydrogens (tertiary/aromatic N) is 2. The van der Waals surface area contributed by atoms with E-state index in [1.807, 2.05) is 16.8 Å². The summed E-state index contributed by atoms with van der Waals surface area (Å²) < 4.78 is 10.6. The zero-order chi connectivity index (χ0) is 11.7. The molecule has 6 heteroatoms. The molecule has 0 radical (unpaired) electrons. The first-order chi connectivity index (χ1) is 8.28. The molecule has 1 aliphatic rings. The van der Waals surface area contributed by atoms with E-state index in [1.165, 1.54) is 0 Å². The van der Waals surface area contributed by atoms with Crippen LogP contribution < -0.4 is 5.73 Å². The van der Waals surface area contributed by atoms with Gasteiger partial charge >= 0.3 is 0 Å². The quantitative estimate of drug-likeness (QED) is 0.880. The Morgan fingerprint density at radius 1 is 1.35 bits per heavy atom. The zero-order valence-electron chi connectivity index (χ0n) is 9.26. The Kier molecular flexibility index (Phi) is 2.70. The molecule has 5 nitrogen and oxygen atoms in total. The molecule has 0 aromatic carbocycles. The summed E-state index contributed by atoms with van der Waals surface area (Å²) in [5.74, 6) is 1.12. The normalized spacial score (nSPS) is 19.4. The Morgan fingerprint density at radius 3 is 2.88 bits per heavy atom. The number of ether oxygens (including phenoxy) is 1. The van der Waals surface area contributed by atoms with E-state index in [0.717, 1.165) is 18.4 Å². The van der Waals surface area contributed by atoms with E-state index in [-0.39, 0.29) is 0 Å². The molecule has 0 amide bonds. The third-order valence-electron chi connectivity index (χ3n) is 3.02. The molecule has 0 aliphatic carbocycles. The van der Waals surface area contributed by atoms with Crippen molar-refractivity contribution < 1.29 is 9.26 Å². The molecular weight excluding hydrogens is 238 g/mol. The molecule has 0 unspecified atom stereocenters. The molecule has 17 heavy (non-hydrogen) atoms. The van der Waals surface area contributed by atoms with E-state index in [4.69, 9.17) is 15.0 Å². The average molecular weight is 251 g/mol. The van der Waals surface area contributed by atoms with Crippen molar-refractivity contribution >= 4 is 11.3 Å². The van der Waals surface area contributed by atoms with Gasteiger partial charge in [0, 0.05) is 24.2 Å². The largest absolute Gasteiger partial charge is 0.381 e. The van der Waals surface area contributed by atoms with E-state index in [0.29, 0.717) is 24.9 Å². The molecule has 3 heterocycles. The molecule has 3 rings (SSSR count). The van der Waals surface area contributed by atoms with Gasteiger partial charge in [-0.2, -0.15) is 16.3 Å². The Labute approximate surface area is 103 Å². The standard InChI is InChI=1S/C11H13N3O2S/c12-11(2-4-15-5-3-11)10-13-9(14-16-10)8-1-6-17-7-8/h1,6-7H,2-5,12H2. The van der Waals surface area contributed by atoms with Gasteiger partial charge in [-0.15, -0.1) is 0 Å². The third-order valence-corrected chi connectivity index (χ3v) is 3.70. The lowest BCUT2D eigenvalue weighted by atomic mass is 9.91. The van der Waals surface area contributed by atoms with Gasteiger partial charge in [0.15, 0.2) is 0 Å². The second kappa shape index (κ2) is 4.21. The fourth-order valence-electron chi connectivity index (χ4n) is 1.88. The summed E-state index contributed by atoms with van der Waals surface area (Å²) in [6, 6.07) is 1.96. The highest BCUT2D eigenvalue weighted by Gasteiger charge is 2.35. The molecule has 1 saturated heterocycles. The van der Waals surface area contributed by atoms with Crippen LogP contribution >= 0.6 is 11.3 Å². The predicted molar refractivity (Wildman–Crippen MR) is 63.5 cm³/mol. The molecule has 0 saturated carbocycles. The van der Waals surface area contributed by atoms with E-state index in [2.05, 4.69) is 10.1 Å². The average Bonchev–Trinajstić information content (AvgIpc) is 3.01. The second-order valence-corrected chi connectivity index (χ2v) is 4.98. The Bertz CT molecular complexity index is 489. The fraction of sp³-hybridized carbons (Fsp3) is 0.455. The van der Waals surface area contributed by atoms with Crippen LogP contribution in [0, 0.1) is 0 Å². The van der Waals surface area contributed by atoms with Crippen molar-refractivity contribution in [3.63, 3.8) is 0 Å². The van der Waals surface area contributed by atoms with Crippen LogP contribution in [0.4, 0.5) is 0 Å². The summed E-state index contributed by atoms with van der Waals surface area (Å²) in [7, 11) is 0. The van der Waals surface area contributed by atoms with Gasteiger partial charge in [-0.25, -0.2) is 0 Å². The van der Waals surface area contributed by atoms with Crippen molar-refractivity contribution in [2.24, 2.45) is 5.73 Å². The van der Waals surface area contributed by atoms with E-state index in [9.17, 15) is 0 Å². The van der Waals surface area contributed by atoms with Crippen LogP contribution in [-0.4, -0.2) is 23.4 Å². The van der Waals surface area contributed by atoms with Gasteiger partial charge in [0.25, 0.3) is 0 Å². The molecule has 0 spiro atoms. The zero-order valence-corrected chi connectivity index (χ0v) is 10.1. The van der Waals surface area contributed by atoms with Crippen LogP contribution in [0.3, 0.4) is 0 Å². The van der Waals surface area contributed by atoms with Gasteiger partial charge in [-0.05, 0) is 24.3 Å². The number of hydrogen-bond acceptors (Lipinski definition) is 6. The maximum atomic E-state index is 6.27.